The van der Waals surface area contributed by atoms with Crippen molar-refractivity contribution in [1.29, 1.82) is 0 Å². The first-order valence-electron chi connectivity index (χ1n) is 6.48. The predicted molar refractivity (Wildman–Crippen MR) is 73.2 cm³/mol. The number of aliphatic hydroxyl groups is 1. The summed E-state index contributed by atoms with van der Waals surface area (Å²) in [5.74, 6) is 0.203. The first kappa shape index (κ1) is 13.7. The standard InChI is InChI=1S/C14H20N2O3/c1-19-12-5-4-10(15)8-11(12)13(17)16-9-14(18)6-2-3-7-14/h4-5,8,18H,2-3,6-7,9,15H2,1H3,(H,16,17). The molecule has 5 heteroatoms. The maximum absolute atomic E-state index is 12.1. The van der Waals surface area contributed by atoms with Crippen molar-refractivity contribution in [3.05, 3.63) is 23.8 Å². The van der Waals surface area contributed by atoms with Gasteiger partial charge in [-0.1, -0.05) is 12.8 Å². The zero-order chi connectivity index (χ0) is 13.9. The van der Waals surface area contributed by atoms with Crippen molar-refractivity contribution in [1.82, 2.24) is 5.32 Å². The fraction of sp³-hybridized carbons (Fsp3) is 0.500. The highest BCUT2D eigenvalue weighted by Gasteiger charge is 2.31. The molecular formula is C14H20N2O3. The van der Waals surface area contributed by atoms with Gasteiger partial charge in [0.1, 0.15) is 5.75 Å². The molecule has 2 rings (SSSR count). The summed E-state index contributed by atoms with van der Waals surface area (Å²) < 4.78 is 5.14. The van der Waals surface area contributed by atoms with Gasteiger partial charge in [0.2, 0.25) is 0 Å². The van der Waals surface area contributed by atoms with Gasteiger partial charge < -0.3 is 20.9 Å². The van der Waals surface area contributed by atoms with Crippen molar-refractivity contribution in [2.75, 3.05) is 19.4 Å². The topological polar surface area (TPSA) is 84.6 Å². The van der Waals surface area contributed by atoms with E-state index in [4.69, 9.17) is 10.5 Å². The van der Waals surface area contributed by atoms with E-state index < -0.39 is 5.60 Å². The van der Waals surface area contributed by atoms with Crippen molar-refractivity contribution >= 4 is 11.6 Å². The average Bonchev–Trinajstić information content (AvgIpc) is 2.83. The molecule has 0 aromatic heterocycles. The molecule has 0 aliphatic heterocycles. The first-order valence-corrected chi connectivity index (χ1v) is 6.48. The van der Waals surface area contributed by atoms with E-state index in [-0.39, 0.29) is 12.5 Å². The number of carbonyl (C=O) groups excluding carboxylic acids is 1. The number of nitrogen functional groups attached to an aromatic ring is 1. The Hall–Kier alpha value is -1.75. The van der Waals surface area contributed by atoms with Crippen LogP contribution in [0.1, 0.15) is 36.0 Å². The van der Waals surface area contributed by atoms with Crippen LogP contribution in [0.2, 0.25) is 0 Å². The van der Waals surface area contributed by atoms with Crippen LogP contribution < -0.4 is 15.8 Å². The summed E-state index contributed by atoms with van der Waals surface area (Å²) in [5.41, 5.74) is 5.82. The van der Waals surface area contributed by atoms with Gasteiger partial charge >= 0.3 is 0 Å². The summed E-state index contributed by atoms with van der Waals surface area (Å²) in [6, 6.07) is 4.92. The van der Waals surface area contributed by atoms with Gasteiger partial charge in [-0.25, -0.2) is 0 Å². The molecule has 1 aliphatic carbocycles. The summed E-state index contributed by atoms with van der Waals surface area (Å²) in [6.45, 7) is 0.268. The van der Waals surface area contributed by atoms with Crippen LogP contribution in [0.15, 0.2) is 18.2 Å². The summed E-state index contributed by atoms with van der Waals surface area (Å²) in [5, 5.41) is 13.0. The first-order chi connectivity index (χ1) is 9.04. The lowest BCUT2D eigenvalue weighted by molar-refractivity contribution is 0.0449. The lowest BCUT2D eigenvalue weighted by Crippen LogP contribution is -2.40. The van der Waals surface area contributed by atoms with Crippen LogP contribution in [-0.4, -0.2) is 30.3 Å². The lowest BCUT2D eigenvalue weighted by Gasteiger charge is -2.22. The molecule has 0 radical (unpaired) electrons. The van der Waals surface area contributed by atoms with Crippen molar-refractivity contribution in [2.24, 2.45) is 0 Å². The van der Waals surface area contributed by atoms with E-state index in [2.05, 4.69) is 5.32 Å². The Balaban J connectivity index is 2.05. The highest BCUT2D eigenvalue weighted by molar-refractivity contribution is 5.97. The molecule has 19 heavy (non-hydrogen) atoms. The van der Waals surface area contributed by atoms with E-state index in [9.17, 15) is 9.90 Å². The molecule has 1 fully saturated rings. The van der Waals surface area contributed by atoms with E-state index in [1.165, 1.54) is 7.11 Å². The van der Waals surface area contributed by atoms with E-state index in [0.717, 1.165) is 25.7 Å². The van der Waals surface area contributed by atoms with Crippen LogP contribution in [0.3, 0.4) is 0 Å². The van der Waals surface area contributed by atoms with Gasteiger partial charge in [0.15, 0.2) is 0 Å². The number of nitrogens with two attached hydrogens (primary N) is 1. The molecule has 0 bridgehead atoms. The van der Waals surface area contributed by atoms with Gasteiger partial charge in [-0.2, -0.15) is 0 Å². The molecule has 0 saturated heterocycles. The lowest BCUT2D eigenvalue weighted by atomic mass is 10.0. The summed E-state index contributed by atoms with van der Waals surface area (Å²) >= 11 is 0. The number of nitrogens with one attached hydrogen (secondary N) is 1. The molecule has 4 N–H and O–H groups in total. The molecule has 1 saturated carbocycles. The normalized spacial score (nSPS) is 17.2. The van der Waals surface area contributed by atoms with Crippen LogP contribution in [0.4, 0.5) is 5.69 Å². The van der Waals surface area contributed by atoms with Crippen molar-refractivity contribution < 1.29 is 14.6 Å². The molecule has 5 nitrogen and oxygen atoms in total. The minimum atomic E-state index is -0.761. The molecule has 0 spiro atoms. The van der Waals surface area contributed by atoms with Crippen molar-refractivity contribution in [3.63, 3.8) is 0 Å². The monoisotopic (exact) mass is 264 g/mol. The molecule has 1 aromatic rings. The van der Waals surface area contributed by atoms with E-state index in [1.54, 1.807) is 18.2 Å². The summed E-state index contributed by atoms with van der Waals surface area (Å²) in [4.78, 5) is 12.1. The smallest absolute Gasteiger partial charge is 0.255 e. The predicted octanol–water partition coefficient (Wildman–Crippen LogP) is 1.31. The third-order valence-corrected chi connectivity index (χ3v) is 3.58. The Morgan fingerprint density at radius 3 is 2.79 bits per heavy atom. The number of rotatable bonds is 4. The SMILES string of the molecule is COc1ccc(N)cc1C(=O)NCC1(O)CCCC1. The number of carbonyl (C=O) groups is 1. The van der Waals surface area contributed by atoms with Gasteiger partial charge in [-0.3, -0.25) is 4.79 Å². The summed E-state index contributed by atoms with van der Waals surface area (Å²) in [6.07, 6.45) is 3.49. The third-order valence-electron chi connectivity index (χ3n) is 3.58. The second-order valence-corrected chi connectivity index (χ2v) is 5.07. The zero-order valence-electron chi connectivity index (χ0n) is 11.1. The van der Waals surface area contributed by atoms with Gasteiger partial charge in [-0.15, -0.1) is 0 Å². The fourth-order valence-corrected chi connectivity index (χ4v) is 2.45. The Bertz CT molecular complexity index is 468. The quantitative estimate of drug-likeness (QED) is 0.716. The fourth-order valence-electron chi connectivity index (χ4n) is 2.45. The number of hydrogen-bond acceptors (Lipinski definition) is 4. The number of hydrogen-bond donors (Lipinski definition) is 3. The van der Waals surface area contributed by atoms with Gasteiger partial charge in [0.05, 0.1) is 18.3 Å². The highest BCUT2D eigenvalue weighted by Crippen LogP contribution is 2.29. The Kier molecular flexibility index (Phi) is 3.95. The summed E-state index contributed by atoms with van der Waals surface area (Å²) in [7, 11) is 1.51. The van der Waals surface area contributed by atoms with Crippen LogP contribution in [-0.2, 0) is 0 Å². The number of benzene rings is 1. The maximum Gasteiger partial charge on any atom is 0.255 e. The largest absolute Gasteiger partial charge is 0.496 e. The van der Waals surface area contributed by atoms with Gasteiger partial charge in [0.25, 0.3) is 5.91 Å². The molecule has 0 unspecified atom stereocenters. The van der Waals surface area contributed by atoms with Crippen LogP contribution >= 0.6 is 0 Å². The average molecular weight is 264 g/mol. The molecule has 1 aromatic carbocycles. The Morgan fingerprint density at radius 2 is 2.16 bits per heavy atom. The zero-order valence-corrected chi connectivity index (χ0v) is 11.1. The maximum atomic E-state index is 12.1. The molecule has 1 amide bonds. The molecule has 0 heterocycles. The number of anilines is 1. The number of methoxy groups -OCH3 is 1. The highest BCUT2D eigenvalue weighted by atomic mass is 16.5. The van der Waals surface area contributed by atoms with Crippen LogP contribution in [0, 0.1) is 0 Å². The van der Waals surface area contributed by atoms with Crippen LogP contribution in [0.5, 0.6) is 5.75 Å². The molecule has 1 aliphatic rings. The minimum Gasteiger partial charge on any atom is -0.496 e. The number of amides is 1. The minimum absolute atomic E-state index is 0.268. The number of ether oxygens (including phenoxy) is 1. The van der Waals surface area contributed by atoms with Crippen molar-refractivity contribution in [2.45, 2.75) is 31.3 Å². The van der Waals surface area contributed by atoms with Gasteiger partial charge in [-0.05, 0) is 31.0 Å². The van der Waals surface area contributed by atoms with E-state index >= 15 is 0 Å². The van der Waals surface area contributed by atoms with Crippen molar-refractivity contribution in [3.8, 4) is 5.75 Å². The van der Waals surface area contributed by atoms with Crippen LogP contribution in [0.25, 0.3) is 0 Å². The second-order valence-electron chi connectivity index (χ2n) is 5.07. The van der Waals surface area contributed by atoms with Gasteiger partial charge in [0, 0.05) is 12.2 Å². The molecule has 104 valence electrons. The van der Waals surface area contributed by atoms with E-state index in [1.807, 2.05) is 0 Å². The second kappa shape index (κ2) is 5.48. The molecule has 0 atom stereocenters. The Labute approximate surface area is 112 Å². The third kappa shape index (κ3) is 3.17. The molecular weight excluding hydrogens is 244 g/mol. The van der Waals surface area contributed by atoms with E-state index in [0.29, 0.717) is 17.0 Å². The Morgan fingerprint density at radius 1 is 1.47 bits per heavy atom.